The van der Waals surface area contributed by atoms with Crippen LogP contribution in [0.4, 0.5) is 15.8 Å². The van der Waals surface area contributed by atoms with Crippen molar-refractivity contribution in [3.8, 4) is 0 Å². The summed E-state index contributed by atoms with van der Waals surface area (Å²) in [5.41, 5.74) is 1.60. The Kier molecular flexibility index (Phi) is 7.77. The van der Waals surface area contributed by atoms with Gasteiger partial charge in [-0.15, -0.1) is 0 Å². The van der Waals surface area contributed by atoms with E-state index in [0.29, 0.717) is 36.6 Å². The first-order valence-electron chi connectivity index (χ1n) is 11.3. The number of aromatic nitrogens is 1. The van der Waals surface area contributed by atoms with Crippen molar-refractivity contribution in [2.24, 2.45) is 5.14 Å². The van der Waals surface area contributed by atoms with E-state index in [-0.39, 0.29) is 22.1 Å². The van der Waals surface area contributed by atoms with Crippen molar-refractivity contribution in [3.05, 3.63) is 81.2 Å². The zero-order valence-electron chi connectivity index (χ0n) is 20.1. The summed E-state index contributed by atoms with van der Waals surface area (Å²) >= 11 is 12.6. The molecule has 1 fully saturated rings. The number of methoxy groups -OCH3 is 1. The lowest BCUT2D eigenvalue weighted by Crippen LogP contribution is -2.46. The highest BCUT2D eigenvalue weighted by Gasteiger charge is 2.38. The van der Waals surface area contributed by atoms with E-state index in [2.05, 4.69) is 10.3 Å². The van der Waals surface area contributed by atoms with Crippen LogP contribution in [-0.4, -0.2) is 44.4 Å². The van der Waals surface area contributed by atoms with E-state index in [1.807, 2.05) is 6.92 Å². The van der Waals surface area contributed by atoms with Crippen LogP contribution in [0.5, 0.6) is 0 Å². The SMILES string of the molecule is COC1(c2ccc(F)cc2)CCN(C(=O)c2cnc(S(N)(=O)=O)c(Cl)c2Nc2cc(Cl)ccc2C)CC1. The molecule has 1 aliphatic rings. The molecule has 3 N–H and O–H groups in total. The van der Waals surface area contributed by atoms with Crippen molar-refractivity contribution in [2.75, 3.05) is 25.5 Å². The predicted octanol–water partition coefficient (Wildman–Crippen LogP) is 5.00. The highest BCUT2D eigenvalue weighted by molar-refractivity contribution is 7.89. The molecule has 2 heterocycles. The van der Waals surface area contributed by atoms with E-state index in [1.165, 1.54) is 12.1 Å². The fourth-order valence-electron chi connectivity index (χ4n) is 4.42. The van der Waals surface area contributed by atoms with Gasteiger partial charge in [-0.3, -0.25) is 4.79 Å². The van der Waals surface area contributed by atoms with Crippen molar-refractivity contribution in [2.45, 2.75) is 30.4 Å². The number of anilines is 2. The Balaban J connectivity index is 1.67. The second-order valence-corrected chi connectivity index (χ2v) is 11.1. The van der Waals surface area contributed by atoms with Crippen LogP contribution in [0, 0.1) is 12.7 Å². The summed E-state index contributed by atoms with van der Waals surface area (Å²) in [6, 6.07) is 11.2. The molecule has 12 heteroatoms. The Morgan fingerprint density at radius 2 is 1.81 bits per heavy atom. The number of hydrogen-bond donors (Lipinski definition) is 2. The number of rotatable bonds is 6. The number of aryl methyl sites for hydroxylation is 1. The number of piperidine rings is 1. The quantitative estimate of drug-likeness (QED) is 0.433. The smallest absolute Gasteiger partial charge is 0.257 e. The number of amides is 1. The van der Waals surface area contributed by atoms with Gasteiger partial charge in [0.15, 0.2) is 5.03 Å². The van der Waals surface area contributed by atoms with Crippen LogP contribution in [0.25, 0.3) is 0 Å². The minimum atomic E-state index is -4.26. The molecule has 0 radical (unpaired) electrons. The number of primary sulfonamides is 1. The Morgan fingerprint density at radius 3 is 2.41 bits per heavy atom. The molecule has 0 aliphatic carbocycles. The Hall–Kier alpha value is -2.76. The standard InChI is InChI=1S/C25H25Cl2FN4O4S/c1-15-3-6-17(26)13-20(15)31-22-19(14-30-23(21(22)27)37(29,34)35)24(33)32-11-9-25(36-2,10-12-32)16-4-7-18(28)8-5-16/h3-8,13-14H,9-12H2,1-2H3,(H,30,31)(H2,29,34,35). The minimum absolute atomic E-state index is 0.0539. The molecular weight excluding hydrogens is 542 g/mol. The second-order valence-electron chi connectivity index (χ2n) is 8.79. The molecule has 2 aromatic carbocycles. The Morgan fingerprint density at radius 1 is 1.16 bits per heavy atom. The van der Waals surface area contributed by atoms with Crippen LogP contribution >= 0.6 is 23.2 Å². The normalized spacial score (nSPS) is 15.5. The van der Waals surface area contributed by atoms with Crippen LogP contribution in [0.3, 0.4) is 0 Å². The average Bonchev–Trinajstić information content (AvgIpc) is 2.86. The fraction of sp³-hybridized carbons (Fsp3) is 0.280. The summed E-state index contributed by atoms with van der Waals surface area (Å²) in [6.45, 7) is 2.47. The highest BCUT2D eigenvalue weighted by atomic mass is 35.5. The third-order valence-electron chi connectivity index (χ3n) is 6.57. The largest absolute Gasteiger partial charge is 0.373 e. The van der Waals surface area contributed by atoms with Gasteiger partial charge in [0, 0.05) is 37.1 Å². The monoisotopic (exact) mass is 566 g/mol. The number of benzene rings is 2. The molecule has 1 aliphatic heterocycles. The van der Waals surface area contributed by atoms with Crippen LogP contribution in [0.15, 0.2) is 53.7 Å². The predicted molar refractivity (Wildman–Crippen MR) is 140 cm³/mol. The third kappa shape index (κ3) is 5.58. The van der Waals surface area contributed by atoms with Gasteiger partial charge in [0.2, 0.25) is 0 Å². The molecule has 4 rings (SSSR count). The van der Waals surface area contributed by atoms with E-state index < -0.39 is 26.6 Å². The number of hydrogen-bond acceptors (Lipinski definition) is 6. The maximum absolute atomic E-state index is 13.6. The maximum atomic E-state index is 13.6. The Labute approximate surface area is 224 Å². The summed E-state index contributed by atoms with van der Waals surface area (Å²) in [6.07, 6.45) is 2.08. The Bertz CT molecular complexity index is 1440. The summed E-state index contributed by atoms with van der Waals surface area (Å²) in [5.74, 6) is -0.744. The number of halogens is 3. The maximum Gasteiger partial charge on any atom is 0.257 e. The first-order chi connectivity index (χ1) is 17.4. The zero-order valence-corrected chi connectivity index (χ0v) is 22.4. The van der Waals surface area contributed by atoms with Crippen LogP contribution in [0.2, 0.25) is 10.0 Å². The molecular formula is C25H25Cl2FN4O4S. The molecule has 1 amide bonds. The number of ether oxygens (including phenoxy) is 1. The van der Waals surface area contributed by atoms with Crippen molar-refractivity contribution in [1.29, 1.82) is 0 Å². The molecule has 0 unspecified atom stereocenters. The second kappa shape index (κ2) is 10.5. The number of nitrogens with zero attached hydrogens (tertiary/aromatic N) is 2. The van der Waals surface area contributed by atoms with Crippen molar-refractivity contribution >= 4 is 50.5 Å². The summed E-state index contributed by atoms with van der Waals surface area (Å²) in [4.78, 5) is 19.1. The van der Waals surface area contributed by atoms with Crippen LogP contribution in [-0.2, 0) is 20.4 Å². The molecule has 8 nitrogen and oxygen atoms in total. The molecule has 196 valence electrons. The van der Waals surface area contributed by atoms with E-state index in [1.54, 1.807) is 42.3 Å². The van der Waals surface area contributed by atoms with Crippen molar-refractivity contribution < 1.29 is 22.3 Å². The molecule has 0 atom stereocenters. The van der Waals surface area contributed by atoms with E-state index >= 15 is 0 Å². The number of nitrogens with one attached hydrogen (secondary N) is 1. The lowest BCUT2D eigenvalue weighted by atomic mass is 9.84. The first kappa shape index (κ1) is 27.3. The van der Waals surface area contributed by atoms with Gasteiger partial charge in [-0.05, 0) is 55.2 Å². The number of pyridine rings is 1. The lowest BCUT2D eigenvalue weighted by molar-refractivity contribution is -0.0575. The highest BCUT2D eigenvalue weighted by Crippen LogP contribution is 2.39. The number of carbonyl (C=O) groups excluding carboxylic acids is 1. The third-order valence-corrected chi connectivity index (χ3v) is 8.13. The van der Waals surface area contributed by atoms with Gasteiger partial charge in [0.1, 0.15) is 10.8 Å². The zero-order chi connectivity index (χ0) is 27.0. The van der Waals surface area contributed by atoms with Crippen molar-refractivity contribution in [1.82, 2.24) is 9.88 Å². The fourth-order valence-corrected chi connectivity index (χ4v) is 5.67. The number of likely N-dealkylation sites (tertiary alicyclic amines) is 1. The van der Waals surface area contributed by atoms with E-state index in [9.17, 15) is 17.6 Å². The number of nitrogens with two attached hydrogens (primary N) is 1. The molecule has 1 saturated heterocycles. The average molecular weight is 567 g/mol. The molecule has 0 saturated carbocycles. The molecule has 1 aromatic heterocycles. The number of carbonyl (C=O) groups is 1. The molecule has 3 aromatic rings. The van der Waals surface area contributed by atoms with Crippen molar-refractivity contribution in [3.63, 3.8) is 0 Å². The van der Waals surface area contributed by atoms with Gasteiger partial charge in [0.05, 0.1) is 16.9 Å². The topological polar surface area (TPSA) is 115 Å². The summed E-state index contributed by atoms with van der Waals surface area (Å²) < 4.78 is 43.4. The van der Waals surface area contributed by atoms with E-state index in [0.717, 1.165) is 17.3 Å². The number of sulfonamides is 1. The van der Waals surface area contributed by atoms with Gasteiger partial charge in [-0.2, -0.15) is 0 Å². The van der Waals surface area contributed by atoms with Crippen LogP contribution < -0.4 is 10.5 Å². The van der Waals surface area contributed by atoms with Gasteiger partial charge >= 0.3 is 0 Å². The minimum Gasteiger partial charge on any atom is -0.373 e. The van der Waals surface area contributed by atoms with Gasteiger partial charge in [0.25, 0.3) is 15.9 Å². The molecule has 0 spiro atoms. The van der Waals surface area contributed by atoms with Gasteiger partial charge in [-0.25, -0.2) is 22.9 Å². The molecule has 0 bridgehead atoms. The van der Waals surface area contributed by atoms with Crippen LogP contribution in [0.1, 0.15) is 34.3 Å². The van der Waals surface area contributed by atoms with Gasteiger partial charge < -0.3 is 15.0 Å². The summed E-state index contributed by atoms with van der Waals surface area (Å²) in [7, 11) is -2.67. The lowest BCUT2D eigenvalue weighted by Gasteiger charge is -2.41. The van der Waals surface area contributed by atoms with Gasteiger partial charge in [-0.1, -0.05) is 41.4 Å². The summed E-state index contributed by atoms with van der Waals surface area (Å²) in [5, 5.41) is 7.93. The molecule has 37 heavy (non-hydrogen) atoms. The van der Waals surface area contributed by atoms with E-state index in [4.69, 9.17) is 33.1 Å². The first-order valence-corrected chi connectivity index (χ1v) is 13.6.